The number of amides is 1. The van der Waals surface area contributed by atoms with E-state index in [4.69, 9.17) is 11.6 Å². The molecule has 0 saturated carbocycles. The molecule has 0 aliphatic carbocycles. The highest BCUT2D eigenvalue weighted by Gasteiger charge is 2.34. The van der Waals surface area contributed by atoms with Gasteiger partial charge in [-0.1, -0.05) is 60.1 Å². The third-order valence-corrected chi connectivity index (χ3v) is 5.72. The molecule has 1 N–H and O–H groups in total. The van der Waals surface area contributed by atoms with Crippen LogP contribution in [0.15, 0.2) is 78.9 Å². The first kappa shape index (κ1) is 17.1. The quantitative estimate of drug-likeness (QED) is 0.477. The Morgan fingerprint density at radius 2 is 1.75 bits per heavy atom. The largest absolute Gasteiger partial charge is 0.356 e. The summed E-state index contributed by atoms with van der Waals surface area (Å²) in [6, 6.07) is 25.4. The predicted molar refractivity (Wildman–Crippen MR) is 113 cm³/mol. The van der Waals surface area contributed by atoms with Gasteiger partial charge < -0.3 is 9.88 Å². The van der Waals surface area contributed by atoms with E-state index in [1.807, 2.05) is 65.6 Å². The van der Waals surface area contributed by atoms with Gasteiger partial charge in [0.15, 0.2) is 0 Å². The van der Waals surface area contributed by atoms with Gasteiger partial charge in [0.05, 0.1) is 6.04 Å². The van der Waals surface area contributed by atoms with E-state index in [2.05, 4.69) is 23.2 Å². The third-order valence-electron chi connectivity index (χ3n) is 5.48. The summed E-state index contributed by atoms with van der Waals surface area (Å²) >= 11 is 6.30. The fourth-order valence-electron chi connectivity index (χ4n) is 4.23. The number of nitrogens with one attached hydrogen (secondary N) is 1. The number of carbonyl (C=O) groups excluding carboxylic acids is 1. The first-order chi connectivity index (χ1) is 13.7. The van der Waals surface area contributed by atoms with Crippen molar-refractivity contribution in [3.05, 3.63) is 106 Å². The van der Waals surface area contributed by atoms with Gasteiger partial charge in [-0.15, -0.1) is 0 Å². The van der Waals surface area contributed by atoms with Gasteiger partial charge in [0, 0.05) is 33.7 Å². The summed E-state index contributed by atoms with van der Waals surface area (Å²) in [6.07, 6.45) is 0.828. The number of aromatic nitrogens is 1. The minimum atomic E-state index is -0.192. The number of nitrogens with zero attached hydrogens (tertiary/aromatic N) is 1. The number of halogens is 1. The Morgan fingerprint density at radius 1 is 0.964 bits per heavy atom. The second-order valence-electron chi connectivity index (χ2n) is 7.13. The van der Waals surface area contributed by atoms with Crippen molar-refractivity contribution in [2.24, 2.45) is 0 Å². The molecular formula is C24H19ClN2O. The SMILES string of the molecule is O=C(c1ccccc1)N1CCc2c([nH]c3ccccc23)C1c1cccc(Cl)c1. The molecule has 28 heavy (non-hydrogen) atoms. The lowest BCUT2D eigenvalue weighted by molar-refractivity contribution is 0.0692. The van der Waals surface area contributed by atoms with E-state index in [1.54, 1.807) is 0 Å². The molecule has 4 heteroatoms. The van der Waals surface area contributed by atoms with Crippen LogP contribution in [0.4, 0.5) is 0 Å². The van der Waals surface area contributed by atoms with Crippen LogP contribution in [-0.4, -0.2) is 22.3 Å². The zero-order valence-electron chi connectivity index (χ0n) is 15.2. The van der Waals surface area contributed by atoms with Gasteiger partial charge in [0.2, 0.25) is 0 Å². The Morgan fingerprint density at radius 3 is 2.57 bits per heavy atom. The van der Waals surface area contributed by atoms with E-state index in [0.717, 1.165) is 23.2 Å². The van der Waals surface area contributed by atoms with Gasteiger partial charge in [0.1, 0.15) is 0 Å². The average Bonchev–Trinajstić information content (AvgIpc) is 3.12. The topological polar surface area (TPSA) is 36.1 Å². The van der Waals surface area contributed by atoms with Crippen LogP contribution in [0.3, 0.4) is 0 Å². The predicted octanol–water partition coefficient (Wildman–Crippen LogP) is 5.61. The number of fused-ring (bicyclic) bond motifs is 3. The average molecular weight is 387 g/mol. The molecule has 0 spiro atoms. The minimum Gasteiger partial charge on any atom is -0.356 e. The zero-order chi connectivity index (χ0) is 19.1. The van der Waals surface area contributed by atoms with Crippen molar-refractivity contribution in [3.8, 4) is 0 Å². The standard InChI is InChI=1S/C24H19ClN2O/c25-18-10-6-9-17(15-18)23-22-20(19-11-4-5-12-21(19)26-22)13-14-27(23)24(28)16-7-2-1-3-8-16/h1-12,15,23,26H,13-14H2. The van der Waals surface area contributed by atoms with Crippen molar-refractivity contribution in [1.29, 1.82) is 0 Å². The molecule has 2 heterocycles. The maximum atomic E-state index is 13.4. The van der Waals surface area contributed by atoms with Crippen molar-refractivity contribution < 1.29 is 4.79 Å². The molecule has 5 rings (SSSR count). The summed E-state index contributed by atoms with van der Waals surface area (Å²) in [6.45, 7) is 0.666. The van der Waals surface area contributed by atoms with E-state index in [1.165, 1.54) is 10.9 Å². The maximum Gasteiger partial charge on any atom is 0.254 e. The second-order valence-corrected chi connectivity index (χ2v) is 7.57. The maximum absolute atomic E-state index is 13.4. The second kappa shape index (κ2) is 6.84. The lowest BCUT2D eigenvalue weighted by atomic mass is 9.91. The molecule has 0 bridgehead atoms. The molecule has 1 amide bonds. The summed E-state index contributed by atoms with van der Waals surface area (Å²) in [5.41, 5.74) is 5.20. The molecule has 0 saturated heterocycles. The fourth-order valence-corrected chi connectivity index (χ4v) is 4.43. The summed E-state index contributed by atoms with van der Waals surface area (Å²) in [7, 11) is 0. The molecule has 0 fully saturated rings. The molecule has 0 radical (unpaired) electrons. The Labute approximate surface area is 168 Å². The first-order valence-electron chi connectivity index (χ1n) is 9.43. The molecule has 3 aromatic carbocycles. The van der Waals surface area contributed by atoms with Gasteiger partial charge in [-0.05, 0) is 47.9 Å². The molecule has 1 unspecified atom stereocenters. The van der Waals surface area contributed by atoms with Crippen LogP contribution in [0.1, 0.15) is 33.2 Å². The van der Waals surface area contributed by atoms with Crippen LogP contribution >= 0.6 is 11.6 Å². The molecule has 1 aromatic heterocycles. The number of hydrogen-bond acceptors (Lipinski definition) is 1. The summed E-state index contributed by atoms with van der Waals surface area (Å²) in [4.78, 5) is 18.9. The molecular weight excluding hydrogens is 368 g/mol. The van der Waals surface area contributed by atoms with E-state index in [0.29, 0.717) is 17.1 Å². The van der Waals surface area contributed by atoms with Gasteiger partial charge in [0.25, 0.3) is 5.91 Å². The number of hydrogen-bond donors (Lipinski definition) is 1. The Kier molecular flexibility index (Phi) is 4.18. The number of carbonyl (C=O) groups is 1. The van der Waals surface area contributed by atoms with Crippen LogP contribution < -0.4 is 0 Å². The highest BCUT2D eigenvalue weighted by molar-refractivity contribution is 6.30. The van der Waals surface area contributed by atoms with Crippen LogP contribution in [0.2, 0.25) is 5.02 Å². The highest BCUT2D eigenvalue weighted by Crippen LogP contribution is 2.39. The van der Waals surface area contributed by atoms with Crippen LogP contribution in [0.5, 0.6) is 0 Å². The molecule has 1 aliphatic rings. The fraction of sp³-hybridized carbons (Fsp3) is 0.125. The number of rotatable bonds is 2. The normalized spacial score (nSPS) is 16.2. The van der Waals surface area contributed by atoms with Gasteiger partial charge in [-0.25, -0.2) is 0 Å². The molecule has 3 nitrogen and oxygen atoms in total. The zero-order valence-corrected chi connectivity index (χ0v) is 16.0. The van der Waals surface area contributed by atoms with Crippen molar-refractivity contribution >= 4 is 28.4 Å². The Hall–Kier alpha value is -3.04. The highest BCUT2D eigenvalue weighted by atomic mass is 35.5. The van der Waals surface area contributed by atoms with Crippen molar-refractivity contribution in [2.45, 2.75) is 12.5 Å². The monoisotopic (exact) mass is 386 g/mol. The third kappa shape index (κ3) is 2.79. The van der Waals surface area contributed by atoms with Gasteiger partial charge in [-0.2, -0.15) is 0 Å². The van der Waals surface area contributed by atoms with E-state index in [9.17, 15) is 4.79 Å². The Bertz CT molecular complexity index is 1170. The summed E-state index contributed by atoms with van der Waals surface area (Å²) in [5, 5.41) is 1.91. The van der Waals surface area contributed by atoms with Crippen LogP contribution in [0, 0.1) is 0 Å². The van der Waals surface area contributed by atoms with Crippen molar-refractivity contribution in [2.75, 3.05) is 6.54 Å². The molecule has 138 valence electrons. The minimum absolute atomic E-state index is 0.0369. The smallest absolute Gasteiger partial charge is 0.254 e. The van der Waals surface area contributed by atoms with E-state index in [-0.39, 0.29) is 11.9 Å². The van der Waals surface area contributed by atoms with Crippen LogP contribution in [0.25, 0.3) is 10.9 Å². The molecule has 1 atom stereocenters. The van der Waals surface area contributed by atoms with Gasteiger partial charge in [-0.3, -0.25) is 4.79 Å². The number of benzene rings is 3. The first-order valence-corrected chi connectivity index (χ1v) is 9.81. The number of para-hydroxylation sites is 1. The van der Waals surface area contributed by atoms with Crippen molar-refractivity contribution in [1.82, 2.24) is 9.88 Å². The summed E-state index contributed by atoms with van der Waals surface area (Å²) < 4.78 is 0. The van der Waals surface area contributed by atoms with E-state index < -0.39 is 0 Å². The van der Waals surface area contributed by atoms with E-state index >= 15 is 0 Å². The van der Waals surface area contributed by atoms with Crippen molar-refractivity contribution in [3.63, 3.8) is 0 Å². The lowest BCUT2D eigenvalue weighted by Crippen LogP contribution is -2.40. The molecule has 4 aromatic rings. The van der Waals surface area contributed by atoms with Crippen LogP contribution in [-0.2, 0) is 6.42 Å². The summed E-state index contributed by atoms with van der Waals surface area (Å²) in [5.74, 6) is 0.0369. The number of H-pyrrole nitrogens is 1. The number of aromatic amines is 1. The Balaban J connectivity index is 1.68. The lowest BCUT2D eigenvalue weighted by Gasteiger charge is -2.36. The van der Waals surface area contributed by atoms with Gasteiger partial charge >= 0.3 is 0 Å². The molecule has 1 aliphatic heterocycles.